The number of rotatable bonds is 7. The lowest BCUT2D eigenvalue weighted by Gasteiger charge is -2.10. The fourth-order valence-electron chi connectivity index (χ4n) is 3.67. The van der Waals surface area contributed by atoms with Crippen LogP contribution in [0.1, 0.15) is 30.9 Å². The monoisotopic (exact) mass is 403 g/mol. The van der Waals surface area contributed by atoms with Gasteiger partial charge < -0.3 is 4.74 Å². The van der Waals surface area contributed by atoms with Crippen LogP contribution in [0.4, 0.5) is 0 Å². The Morgan fingerprint density at radius 3 is 2.26 bits per heavy atom. The second-order valence-electron chi connectivity index (χ2n) is 6.78. The highest BCUT2D eigenvalue weighted by Crippen LogP contribution is 2.63. The Morgan fingerprint density at radius 1 is 1.11 bits per heavy atom. The molecule has 0 amide bonds. The van der Waals surface area contributed by atoms with Crippen LogP contribution >= 0.6 is 11.6 Å². The molecule has 0 spiro atoms. The maximum atomic E-state index is 13.3. The van der Waals surface area contributed by atoms with Crippen molar-refractivity contribution in [2.75, 3.05) is 13.2 Å². The molecular formula is C21H22ClNO3S. The summed E-state index contributed by atoms with van der Waals surface area (Å²) in [6, 6.07) is 16.2. The molecule has 0 aromatic heterocycles. The molecule has 4 nitrogen and oxygen atoms in total. The lowest BCUT2D eigenvalue weighted by Crippen LogP contribution is -2.19. The van der Waals surface area contributed by atoms with Crippen LogP contribution in [0.15, 0.2) is 53.4 Å². The standard InChI is InChI=1S/C21H22ClNO3S/c1-3-15-5-7-16(8-6-15)19-20(21(19,13-23)14-26-4-2)27(24,25)18-11-9-17(22)10-12-18/h5-12,19-20H,3-4,14H2,1-2H3/t19-,20-,21-/m1/s1. The van der Waals surface area contributed by atoms with Crippen molar-refractivity contribution in [2.45, 2.75) is 36.3 Å². The molecule has 0 N–H and O–H groups in total. The molecule has 0 unspecified atom stereocenters. The number of aryl methyl sites for hydroxylation is 1. The number of hydrogen-bond acceptors (Lipinski definition) is 4. The van der Waals surface area contributed by atoms with Crippen molar-refractivity contribution in [1.29, 1.82) is 5.26 Å². The number of hydrogen-bond donors (Lipinski definition) is 0. The highest BCUT2D eigenvalue weighted by atomic mass is 35.5. The van der Waals surface area contributed by atoms with E-state index in [4.69, 9.17) is 16.3 Å². The minimum atomic E-state index is -3.71. The van der Waals surface area contributed by atoms with Gasteiger partial charge in [0, 0.05) is 17.5 Å². The van der Waals surface area contributed by atoms with Gasteiger partial charge in [0.15, 0.2) is 9.84 Å². The zero-order chi connectivity index (χ0) is 19.7. The van der Waals surface area contributed by atoms with Gasteiger partial charge in [-0.3, -0.25) is 0 Å². The van der Waals surface area contributed by atoms with E-state index in [0.717, 1.165) is 12.0 Å². The molecule has 2 aromatic carbocycles. The number of sulfone groups is 1. The number of halogens is 1. The Hall–Kier alpha value is -1.87. The second-order valence-corrected chi connectivity index (χ2v) is 9.29. The third kappa shape index (κ3) is 3.50. The molecule has 1 saturated carbocycles. The molecule has 0 aliphatic heterocycles. The molecular weight excluding hydrogens is 382 g/mol. The molecule has 1 fully saturated rings. The van der Waals surface area contributed by atoms with E-state index < -0.39 is 26.4 Å². The first-order valence-electron chi connectivity index (χ1n) is 8.98. The molecule has 3 atom stereocenters. The highest BCUT2D eigenvalue weighted by Gasteiger charge is 2.72. The van der Waals surface area contributed by atoms with Gasteiger partial charge in [0.25, 0.3) is 0 Å². The lowest BCUT2D eigenvalue weighted by molar-refractivity contribution is 0.117. The van der Waals surface area contributed by atoms with E-state index in [1.807, 2.05) is 31.2 Å². The van der Waals surface area contributed by atoms with Gasteiger partial charge in [0.1, 0.15) is 5.41 Å². The molecule has 6 heteroatoms. The Morgan fingerprint density at radius 2 is 1.74 bits per heavy atom. The minimum Gasteiger partial charge on any atom is -0.380 e. The van der Waals surface area contributed by atoms with Crippen LogP contribution in [0, 0.1) is 16.7 Å². The van der Waals surface area contributed by atoms with Crippen LogP contribution in [-0.2, 0) is 21.0 Å². The summed E-state index contributed by atoms with van der Waals surface area (Å²) in [6.07, 6.45) is 0.903. The second kappa shape index (κ2) is 7.63. The van der Waals surface area contributed by atoms with E-state index in [-0.39, 0.29) is 11.5 Å². The SMILES string of the molecule is CCOC[C@]1(C#N)[C@H](c2ccc(CC)cc2)[C@H]1S(=O)(=O)c1ccc(Cl)cc1. The predicted molar refractivity (Wildman–Crippen MR) is 106 cm³/mol. The minimum absolute atomic E-state index is 0.0949. The Labute approximate surface area is 165 Å². The van der Waals surface area contributed by atoms with Crippen LogP contribution in [0.3, 0.4) is 0 Å². The van der Waals surface area contributed by atoms with Crippen LogP contribution in [-0.4, -0.2) is 26.9 Å². The van der Waals surface area contributed by atoms with E-state index in [1.54, 1.807) is 12.1 Å². The van der Waals surface area contributed by atoms with Crippen LogP contribution in [0.5, 0.6) is 0 Å². The summed E-state index contributed by atoms with van der Waals surface area (Å²) in [5.41, 5.74) is 0.947. The quantitative estimate of drug-likeness (QED) is 0.687. The third-order valence-corrected chi connectivity index (χ3v) is 7.78. The normalized spacial score (nSPS) is 24.4. The Balaban J connectivity index is 2.04. The summed E-state index contributed by atoms with van der Waals surface area (Å²) in [7, 11) is -3.71. The van der Waals surface area contributed by atoms with E-state index in [2.05, 4.69) is 13.0 Å². The topological polar surface area (TPSA) is 67.2 Å². The summed E-state index contributed by atoms with van der Waals surface area (Å²) in [5, 5.41) is 9.56. The summed E-state index contributed by atoms with van der Waals surface area (Å²) in [4.78, 5) is 0.181. The summed E-state index contributed by atoms with van der Waals surface area (Å²) in [5.74, 6) is -0.416. The van der Waals surface area contributed by atoms with Crippen molar-refractivity contribution in [3.8, 4) is 6.07 Å². The van der Waals surface area contributed by atoms with Crippen molar-refractivity contribution in [2.24, 2.45) is 5.41 Å². The smallest absolute Gasteiger partial charge is 0.183 e. The van der Waals surface area contributed by atoms with Crippen LogP contribution < -0.4 is 0 Å². The zero-order valence-electron chi connectivity index (χ0n) is 15.4. The summed E-state index contributed by atoms with van der Waals surface area (Å²) < 4.78 is 32.1. The van der Waals surface area contributed by atoms with E-state index in [9.17, 15) is 13.7 Å². The maximum absolute atomic E-state index is 13.3. The Kier molecular flexibility index (Phi) is 5.62. The molecule has 0 heterocycles. The fraction of sp³-hybridized carbons (Fsp3) is 0.381. The lowest BCUT2D eigenvalue weighted by atomic mass is 10.00. The van der Waals surface area contributed by atoms with Gasteiger partial charge in [-0.05, 0) is 48.7 Å². The molecule has 2 aromatic rings. The Bertz CT molecular complexity index is 948. The van der Waals surface area contributed by atoms with Gasteiger partial charge in [-0.1, -0.05) is 42.8 Å². The molecule has 0 radical (unpaired) electrons. The van der Waals surface area contributed by atoms with Crippen molar-refractivity contribution < 1.29 is 13.2 Å². The molecule has 142 valence electrons. The van der Waals surface area contributed by atoms with Crippen molar-refractivity contribution in [3.05, 3.63) is 64.7 Å². The third-order valence-electron chi connectivity index (χ3n) is 5.23. The van der Waals surface area contributed by atoms with Gasteiger partial charge in [-0.25, -0.2) is 8.42 Å². The van der Waals surface area contributed by atoms with Crippen molar-refractivity contribution in [3.63, 3.8) is 0 Å². The number of ether oxygens (including phenoxy) is 1. The van der Waals surface area contributed by atoms with Gasteiger partial charge in [0.2, 0.25) is 0 Å². The molecule has 1 aliphatic carbocycles. The average Bonchev–Trinajstić information content (AvgIpc) is 3.37. The fourth-order valence-corrected chi connectivity index (χ4v) is 6.11. The van der Waals surface area contributed by atoms with Crippen LogP contribution in [0.2, 0.25) is 5.02 Å². The first-order valence-corrected chi connectivity index (χ1v) is 10.9. The zero-order valence-corrected chi connectivity index (χ0v) is 16.9. The maximum Gasteiger partial charge on any atom is 0.183 e. The summed E-state index contributed by atoms with van der Waals surface area (Å²) in [6.45, 7) is 4.42. The van der Waals surface area contributed by atoms with Gasteiger partial charge in [-0.15, -0.1) is 0 Å². The van der Waals surface area contributed by atoms with Crippen molar-refractivity contribution >= 4 is 21.4 Å². The molecule has 0 saturated heterocycles. The molecule has 27 heavy (non-hydrogen) atoms. The van der Waals surface area contributed by atoms with Gasteiger partial charge >= 0.3 is 0 Å². The molecule has 1 aliphatic rings. The first kappa shape index (κ1) is 19.9. The van der Waals surface area contributed by atoms with Crippen LogP contribution in [0.25, 0.3) is 0 Å². The average molecular weight is 404 g/mol. The highest BCUT2D eigenvalue weighted by molar-refractivity contribution is 7.92. The predicted octanol–water partition coefficient (Wildman–Crippen LogP) is 4.39. The first-order chi connectivity index (χ1) is 12.9. The largest absolute Gasteiger partial charge is 0.380 e. The van der Waals surface area contributed by atoms with Crippen molar-refractivity contribution in [1.82, 2.24) is 0 Å². The van der Waals surface area contributed by atoms with E-state index in [1.165, 1.54) is 17.7 Å². The number of nitriles is 1. The van der Waals surface area contributed by atoms with Gasteiger partial charge in [-0.2, -0.15) is 5.26 Å². The van der Waals surface area contributed by atoms with E-state index in [0.29, 0.717) is 11.6 Å². The molecule has 3 rings (SSSR count). The summed E-state index contributed by atoms with van der Waals surface area (Å²) >= 11 is 5.89. The van der Waals surface area contributed by atoms with Gasteiger partial charge in [0.05, 0.1) is 22.8 Å². The number of benzene rings is 2. The number of nitrogens with zero attached hydrogens (tertiary/aromatic N) is 1. The molecule has 0 bridgehead atoms. The van der Waals surface area contributed by atoms with E-state index >= 15 is 0 Å².